The van der Waals surface area contributed by atoms with Gasteiger partial charge in [0.2, 0.25) is 0 Å². The molecule has 1 saturated heterocycles. The van der Waals surface area contributed by atoms with Crippen LogP contribution in [0.2, 0.25) is 0 Å². The molecule has 2 heterocycles. The summed E-state index contributed by atoms with van der Waals surface area (Å²) in [6.07, 6.45) is 2.55. The van der Waals surface area contributed by atoms with Gasteiger partial charge in [-0.2, -0.15) is 5.10 Å². The molecule has 0 unspecified atom stereocenters. The van der Waals surface area contributed by atoms with Crippen LogP contribution < -0.4 is 11.1 Å². The molecule has 0 aromatic carbocycles. The number of nitrogens with two attached hydrogens (primary N) is 1. The first-order valence-corrected chi connectivity index (χ1v) is 6.87. The number of piperidine rings is 1. The van der Waals surface area contributed by atoms with Gasteiger partial charge in [0.05, 0.1) is 11.4 Å². The van der Waals surface area contributed by atoms with E-state index in [1.807, 2.05) is 18.7 Å². The van der Waals surface area contributed by atoms with Crippen LogP contribution in [-0.4, -0.2) is 40.9 Å². The molecule has 5 nitrogen and oxygen atoms in total. The monoisotopic (exact) mass is 251 g/mol. The molecule has 0 amide bonds. The lowest BCUT2D eigenvalue weighted by Crippen LogP contribution is -2.35. The molecule has 1 aromatic rings. The summed E-state index contributed by atoms with van der Waals surface area (Å²) in [6.45, 7) is 8.80. The molecule has 102 valence electrons. The van der Waals surface area contributed by atoms with Crippen LogP contribution in [0.5, 0.6) is 0 Å². The fourth-order valence-corrected chi connectivity index (χ4v) is 2.63. The molecule has 0 saturated carbocycles. The molecule has 0 aliphatic carbocycles. The van der Waals surface area contributed by atoms with Gasteiger partial charge in [0.15, 0.2) is 0 Å². The Bertz CT molecular complexity index is 390. The lowest BCUT2D eigenvalue weighted by Gasteiger charge is -2.31. The largest absolute Gasteiger partial charge is 0.394 e. The Morgan fingerprint density at radius 1 is 1.39 bits per heavy atom. The third-order valence-corrected chi connectivity index (χ3v) is 3.98. The summed E-state index contributed by atoms with van der Waals surface area (Å²) in [5.41, 5.74) is 7.69. The second-order valence-electron chi connectivity index (χ2n) is 5.23. The van der Waals surface area contributed by atoms with Gasteiger partial charge < -0.3 is 16.0 Å². The maximum atomic E-state index is 6.01. The summed E-state index contributed by atoms with van der Waals surface area (Å²) in [4.78, 5) is 2.51. The summed E-state index contributed by atoms with van der Waals surface area (Å²) < 4.78 is 1.84. The van der Waals surface area contributed by atoms with E-state index in [4.69, 9.17) is 5.73 Å². The standard InChI is InChI=1S/C13H25N5/c1-4-18-7-5-11(6-8-18)9-15-13-12(14)10(2)16-17(13)3/h11,15H,4-9,14H2,1-3H3. The van der Waals surface area contributed by atoms with Crippen LogP contribution in [0.4, 0.5) is 11.5 Å². The third-order valence-electron chi connectivity index (χ3n) is 3.98. The Labute approximate surface area is 109 Å². The first kappa shape index (κ1) is 13.2. The van der Waals surface area contributed by atoms with Crippen molar-refractivity contribution in [2.75, 3.05) is 37.2 Å². The van der Waals surface area contributed by atoms with Crippen molar-refractivity contribution in [2.45, 2.75) is 26.7 Å². The molecule has 0 radical (unpaired) electrons. The predicted molar refractivity (Wildman–Crippen MR) is 75.7 cm³/mol. The van der Waals surface area contributed by atoms with E-state index in [1.165, 1.54) is 32.5 Å². The average Bonchev–Trinajstić information content (AvgIpc) is 2.62. The number of nitrogens with zero attached hydrogens (tertiary/aromatic N) is 3. The summed E-state index contributed by atoms with van der Waals surface area (Å²) in [6, 6.07) is 0. The van der Waals surface area contributed by atoms with Crippen LogP contribution in [0.15, 0.2) is 0 Å². The van der Waals surface area contributed by atoms with Crippen LogP contribution in [0, 0.1) is 12.8 Å². The van der Waals surface area contributed by atoms with E-state index in [1.54, 1.807) is 0 Å². The zero-order valence-electron chi connectivity index (χ0n) is 11.7. The Balaban J connectivity index is 1.85. The van der Waals surface area contributed by atoms with Crippen LogP contribution in [0.3, 0.4) is 0 Å². The Hall–Kier alpha value is -1.23. The van der Waals surface area contributed by atoms with Crippen LogP contribution in [0.25, 0.3) is 0 Å². The van der Waals surface area contributed by atoms with Crippen molar-refractivity contribution in [3.8, 4) is 0 Å². The van der Waals surface area contributed by atoms with Crippen molar-refractivity contribution < 1.29 is 0 Å². The third kappa shape index (κ3) is 2.77. The number of aromatic nitrogens is 2. The summed E-state index contributed by atoms with van der Waals surface area (Å²) in [7, 11) is 1.94. The summed E-state index contributed by atoms with van der Waals surface area (Å²) in [5, 5.41) is 7.78. The van der Waals surface area contributed by atoms with Crippen molar-refractivity contribution in [1.29, 1.82) is 0 Å². The van der Waals surface area contributed by atoms with E-state index in [2.05, 4.69) is 22.2 Å². The van der Waals surface area contributed by atoms with Crippen molar-refractivity contribution in [3.05, 3.63) is 5.69 Å². The molecule has 0 spiro atoms. The normalized spacial score (nSPS) is 18.2. The molecule has 1 fully saturated rings. The molecule has 2 rings (SSSR count). The Morgan fingerprint density at radius 2 is 2.06 bits per heavy atom. The average molecular weight is 251 g/mol. The molecule has 18 heavy (non-hydrogen) atoms. The molecular weight excluding hydrogens is 226 g/mol. The van der Waals surface area contributed by atoms with E-state index >= 15 is 0 Å². The number of hydrogen-bond acceptors (Lipinski definition) is 4. The fraction of sp³-hybridized carbons (Fsp3) is 0.769. The first-order valence-electron chi connectivity index (χ1n) is 6.87. The number of nitrogens with one attached hydrogen (secondary N) is 1. The van der Waals surface area contributed by atoms with Gasteiger partial charge in [-0.05, 0) is 45.3 Å². The molecule has 0 bridgehead atoms. The first-order chi connectivity index (χ1) is 8.61. The van der Waals surface area contributed by atoms with Gasteiger partial charge >= 0.3 is 0 Å². The highest BCUT2D eigenvalue weighted by molar-refractivity contribution is 5.64. The fourth-order valence-electron chi connectivity index (χ4n) is 2.63. The quantitative estimate of drug-likeness (QED) is 0.850. The highest BCUT2D eigenvalue weighted by Crippen LogP contribution is 2.23. The van der Waals surface area contributed by atoms with Crippen molar-refractivity contribution in [3.63, 3.8) is 0 Å². The molecule has 1 aliphatic rings. The zero-order valence-corrected chi connectivity index (χ0v) is 11.7. The molecular formula is C13H25N5. The predicted octanol–water partition coefficient (Wildman–Crippen LogP) is 1.45. The summed E-state index contributed by atoms with van der Waals surface area (Å²) in [5.74, 6) is 1.72. The molecule has 1 aliphatic heterocycles. The number of hydrogen-bond donors (Lipinski definition) is 2. The maximum absolute atomic E-state index is 6.01. The Morgan fingerprint density at radius 3 is 2.56 bits per heavy atom. The second-order valence-corrected chi connectivity index (χ2v) is 5.23. The van der Waals surface area contributed by atoms with Crippen molar-refractivity contribution in [2.24, 2.45) is 13.0 Å². The smallest absolute Gasteiger partial charge is 0.147 e. The Kier molecular flexibility index (Phi) is 4.11. The van der Waals surface area contributed by atoms with Gasteiger partial charge in [-0.25, -0.2) is 0 Å². The number of anilines is 2. The molecule has 3 N–H and O–H groups in total. The van der Waals surface area contributed by atoms with E-state index in [-0.39, 0.29) is 0 Å². The van der Waals surface area contributed by atoms with Crippen molar-refractivity contribution in [1.82, 2.24) is 14.7 Å². The minimum absolute atomic E-state index is 0.752. The SMILES string of the molecule is CCN1CCC(CNc2c(N)c(C)nn2C)CC1. The minimum atomic E-state index is 0.752. The molecule has 5 heteroatoms. The lowest BCUT2D eigenvalue weighted by molar-refractivity contribution is 0.198. The van der Waals surface area contributed by atoms with Crippen LogP contribution >= 0.6 is 0 Å². The lowest BCUT2D eigenvalue weighted by atomic mass is 9.97. The van der Waals surface area contributed by atoms with Crippen LogP contribution in [0.1, 0.15) is 25.5 Å². The molecule has 1 aromatic heterocycles. The van der Waals surface area contributed by atoms with Gasteiger partial charge in [-0.1, -0.05) is 6.92 Å². The number of likely N-dealkylation sites (tertiary alicyclic amines) is 1. The van der Waals surface area contributed by atoms with Gasteiger partial charge in [0.25, 0.3) is 0 Å². The summed E-state index contributed by atoms with van der Waals surface area (Å²) >= 11 is 0. The number of aryl methyl sites for hydroxylation is 2. The highest BCUT2D eigenvalue weighted by atomic mass is 15.3. The van der Waals surface area contributed by atoms with Gasteiger partial charge in [0, 0.05) is 13.6 Å². The van der Waals surface area contributed by atoms with Crippen LogP contribution in [-0.2, 0) is 7.05 Å². The second kappa shape index (κ2) is 5.61. The van der Waals surface area contributed by atoms with E-state index in [9.17, 15) is 0 Å². The van der Waals surface area contributed by atoms with E-state index in [0.717, 1.165) is 29.7 Å². The van der Waals surface area contributed by atoms with E-state index in [0.29, 0.717) is 0 Å². The molecule has 0 atom stereocenters. The zero-order chi connectivity index (χ0) is 13.1. The topological polar surface area (TPSA) is 59.1 Å². The van der Waals surface area contributed by atoms with Gasteiger partial charge in [-0.15, -0.1) is 0 Å². The highest BCUT2D eigenvalue weighted by Gasteiger charge is 2.19. The van der Waals surface area contributed by atoms with Gasteiger partial charge in [0.1, 0.15) is 5.82 Å². The van der Waals surface area contributed by atoms with E-state index < -0.39 is 0 Å². The minimum Gasteiger partial charge on any atom is -0.394 e. The maximum Gasteiger partial charge on any atom is 0.147 e. The van der Waals surface area contributed by atoms with Gasteiger partial charge in [-0.3, -0.25) is 4.68 Å². The number of nitrogen functional groups attached to an aromatic ring is 1. The number of rotatable bonds is 4. The van der Waals surface area contributed by atoms with Crippen molar-refractivity contribution >= 4 is 11.5 Å².